The van der Waals surface area contributed by atoms with E-state index in [2.05, 4.69) is 18.1 Å². The van der Waals surface area contributed by atoms with Crippen molar-refractivity contribution in [2.75, 3.05) is 7.05 Å². The lowest BCUT2D eigenvalue weighted by atomic mass is 10.1. The summed E-state index contributed by atoms with van der Waals surface area (Å²) in [6.45, 7) is 2.60. The van der Waals surface area contributed by atoms with Crippen LogP contribution in [0.25, 0.3) is 16.5 Å². The normalized spacial score (nSPS) is 11.0. The van der Waals surface area contributed by atoms with E-state index in [0.29, 0.717) is 12.1 Å². The van der Waals surface area contributed by atoms with E-state index in [9.17, 15) is 9.90 Å². The van der Waals surface area contributed by atoms with Gasteiger partial charge in [-0.25, -0.2) is 4.68 Å². The smallest absolute Gasteiger partial charge is 0.257 e. The minimum Gasteiger partial charge on any atom is -0.508 e. The van der Waals surface area contributed by atoms with E-state index in [1.807, 2.05) is 60.3 Å². The monoisotopic (exact) mass is 399 g/mol. The highest BCUT2D eigenvalue weighted by Gasteiger charge is 2.21. The largest absolute Gasteiger partial charge is 0.508 e. The number of phenolic OH excluding ortho intramolecular Hbond substituents is 1. The molecule has 0 radical (unpaired) electrons. The molecule has 3 aromatic carbocycles. The molecule has 0 unspecified atom stereocenters. The van der Waals surface area contributed by atoms with Gasteiger partial charge in [0.2, 0.25) is 0 Å². The number of aromatic hydroxyl groups is 1. The lowest BCUT2D eigenvalue weighted by molar-refractivity contribution is 0.0784. The molecule has 0 spiro atoms. The highest BCUT2D eigenvalue weighted by Crippen LogP contribution is 2.23. The molecular weight excluding hydrogens is 374 g/mol. The Labute approximate surface area is 176 Å². The fourth-order valence-electron chi connectivity index (χ4n) is 3.75. The number of benzene rings is 3. The molecule has 1 heterocycles. The summed E-state index contributed by atoms with van der Waals surface area (Å²) in [5.74, 6) is 0.216. The number of fused-ring (bicyclic) bond motifs is 1. The highest BCUT2D eigenvalue weighted by atomic mass is 16.3. The average Bonchev–Trinajstić information content (AvgIpc) is 3.17. The standard InChI is InChI=1S/C25H25N3O2/c1-3-7-24-23(16-26-28(24)21-8-5-4-6-9-21)25(30)27(2)17-18-10-11-20-15-22(29)13-12-19(20)14-18/h4-6,8-16,29H,3,7,17H2,1-2H3. The maximum absolute atomic E-state index is 13.2. The summed E-state index contributed by atoms with van der Waals surface area (Å²) < 4.78 is 1.87. The van der Waals surface area contributed by atoms with Gasteiger partial charge in [-0.1, -0.05) is 49.7 Å². The molecule has 1 amide bonds. The Hall–Kier alpha value is -3.60. The van der Waals surface area contributed by atoms with Crippen LogP contribution in [0.5, 0.6) is 5.75 Å². The number of rotatable bonds is 6. The van der Waals surface area contributed by atoms with Crippen LogP contribution in [-0.2, 0) is 13.0 Å². The highest BCUT2D eigenvalue weighted by molar-refractivity contribution is 5.95. The average molecular weight is 399 g/mol. The SMILES string of the molecule is CCCc1c(C(=O)N(C)Cc2ccc3cc(O)ccc3c2)cnn1-c1ccccc1. The maximum Gasteiger partial charge on any atom is 0.257 e. The summed E-state index contributed by atoms with van der Waals surface area (Å²) in [6.07, 6.45) is 3.39. The van der Waals surface area contributed by atoms with Crippen molar-refractivity contribution in [3.05, 3.63) is 89.7 Å². The van der Waals surface area contributed by atoms with Crippen LogP contribution in [0.3, 0.4) is 0 Å². The molecule has 1 aromatic heterocycles. The van der Waals surface area contributed by atoms with Gasteiger partial charge in [0.25, 0.3) is 5.91 Å². The van der Waals surface area contributed by atoms with Gasteiger partial charge in [0.05, 0.1) is 23.1 Å². The first-order valence-corrected chi connectivity index (χ1v) is 10.2. The third-order valence-electron chi connectivity index (χ3n) is 5.24. The van der Waals surface area contributed by atoms with Crippen LogP contribution < -0.4 is 0 Å². The second-order valence-electron chi connectivity index (χ2n) is 7.53. The number of hydrogen-bond donors (Lipinski definition) is 1. The quantitative estimate of drug-likeness (QED) is 0.499. The third-order valence-corrected chi connectivity index (χ3v) is 5.24. The molecule has 30 heavy (non-hydrogen) atoms. The molecule has 0 fully saturated rings. The first-order chi connectivity index (χ1) is 14.6. The predicted molar refractivity (Wildman–Crippen MR) is 119 cm³/mol. The van der Waals surface area contributed by atoms with E-state index >= 15 is 0 Å². The molecule has 4 rings (SSSR count). The second kappa shape index (κ2) is 8.41. The first-order valence-electron chi connectivity index (χ1n) is 10.2. The Balaban J connectivity index is 1.59. The van der Waals surface area contributed by atoms with E-state index in [0.717, 1.165) is 40.6 Å². The van der Waals surface area contributed by atoms with Gasteiger partial charge in [0.15, 0.2) is 0 Å². The van der Waals surface area contributed by atoms with Crippen molar-refractivity contribution in [3.8, 4) is 11.4 Å². The van der Waals surface area contributed by atoms with Crippen molar-refractivity contribution >= 4 is 16.7 Å². The van der Waals surface area contributed by atoms with E-state index < -0.39 is 0 Å². The zero-order valence-electron chi connectivity index (χ0n) is 17.2. The first kappa shape index (κ1) is 19.7. The summed E-state index contributed by atoms with van der Waals surface area (Å²) in [6, 6.07) is 21.2. The summed E-state index contributed by atoms with van der Waals surface area (Å²) in [4.78, 5) is 15.0. The zero-order chi connectivity index (χ0) is 21.1. The molecule has 152 valence electrons. The molecule has 0 aliphatic heterocycles. The summed E-state index contributed by atoms with van der Waals surface area (Å²) in [7, 11) is 1.82. The van der Waals surface area contributed by atoms with Crippen LogP contribution in [0.15, 0.2) is 72.9 Å². The minimum absolute atomic E-state index is 0.0357. The summed E-state index contributed by atoms with van der Waals surface area (Å²) >= 11 is 0. The second-order valence-corrected chi connectivity index (χ2v) is 7.53. The molecule has 0 aliphatic rings. The number of nitrogens with zero attached hydrogens (tertiary/aromatic N) is 3. The fourth-order valence-corrected chi connectivity index (χ4v) is 3.75. The molecule has 5 nitrogen and oxygen atoms in total. The number of para-hydroxylation sites is 1. The van der Waals surface area contributed by atoms with Crippen LogP contribution in [0, 0.1) is 0 Å². The molecular formula is C25H25N3O2. The molecule has 0 saturated carbocycles. The molecule has 0 bridgehead atoms. The molecule has 0 aliphatic carbocycles. The number of carbonyl (C=O) groups excluding carboxylic acids is 1. The van der Waals surface area contributed by atoms with Crippen molar-refractivity contribution < 1.29 is 9.90 Å². The van der Waals surface area contributed by atoms with Gasteiger partial charge in [0.1, 0.15) is 5.75 Å². The Bertz CT molecular complexity index is 1180. The number of hydrogen-bond acceptors (Lipinski definition) is 3. The predicted octanol–water partition coefficient (Wildman–Crippen LogP) is 4.96. The lowest BCUT2D eigenvalue weighted by Crippen LogP contribution is -2.27. The minimum atomic E-state index is -0.0357. The van der Waals surface area contributed by atoms with Crippen LogP contribution in [0.1, 0.15) is 35.0 Å². The molecule has 0 atom stereocenters. The van der Waals surface area contributed by atoms with Gasteiger partial charge in [-0.05, 0) is 53.1 Å². The topological polar surface area (TPSA) is 58.4 Å². The Morgan fingerprint density at radius 1 is 1.03 bits per heavy atom. The number of amides is 1. The van der Waals surface area contributed by atoms with E-state index in [1.165, 1.54) is 0 Å². The van der Waals surface area contributed by atoms with E-state index in [4.69, 9.17) is 0 Å². The Morgan fingerprint density at radius 3 is 2.53 bits per heavy atom. The number of aromatic nitrogens is 2. The van der Waals surface area contributed by atoms with Crippen LogP contribution in [0.2, 0.25) is 0 Å². The van der Waals surface area contributed by atoms with Gasteiger partial charge in [-0.15, -0.1) is 0 Å². The van der Waals surface area contributed by atoms with Crippen LogP contribution in [-0.4, -0.2) is 32.7 Å². The Morgan fingerprint density at radius 2 is 1.77 bits per heavy atom. The fraction of sp³-hybridized carbons (Fsp3) is 0.200. The third kappa shape index (κ3) is 3.92. The van der Waals surface area contributed by atoms with E-state index in [1.54, 1.807) is 23.2 Å². The zero-order valence-corrected chi connectivity index (χ0v) is 17.2. The molecule has 5 heteroatoms. The summed E-state index contributed by atoms with van der Waals surface area (Å²) in [5, 5.41) is 16.2. The van der Waals surface area contributed by atoms with E-state index in [-0.39, 0.29) is 11.7 Å². The van der Waals surface area contributed by atoms with Crippen LogP contribution >= 0.6 is 0 Å². The summed E-state index contributed by atoms with van der Waals surface area (Å²) in [5.41, 5.74) is 3.58. The van der Waals surface area contributed by atoms with Crippen molar-refractivity contribution in [2.24, 2.45) is 0 Å². The molecule has 4 aromatic rings. The van der Waals surface area contributed by atoms with Crippen molar-refractivity contribution in [2.45, 2.75) is 26.3 Å². The van der Waals surface area contributed by atoms with Gasteiger partial charge in [-0.3, -0.25) is 4.79 Å². The van der Waals surface area contributed by atoms with Gasteiger partial charge >= 0.3 is 0 Å². The van der Waals surface area contributed by atoms with Crippen molar-refractivity contribution in [3.63, 3.8) is 0 Å². The number of phenols is 1. The van der Waals surface area contributed by atoms with Gasteiger partial charge in [0, 0.05) is 13.6 Å². The van der Waals surface area contributed by atoms with Crippen molar-refractivity contribution in [1.29, 1.82) is 0 Å². The van der Waals surface area contributed by atoms with Gasteiger partial charge in [-0.2, -0.15) is 5.10 Å². The number of carbonyl (C=O) groups is 1. The van der Waals surface area contributed by atoms with Crippen LogP contribution in [0.4, 0.5) is 0 Å². The van der Waals surface area contributed by atoms with Gasteiger partial charge < -0.3 is 10.0 Å². The Kier molecular flexibility index (Phi) is 5.53. The molecule has 0 saturated heterocycles. The molecule has 1 N–H and O–H groups in total. The maximum atomic E-state index is 13.2. The lowest BCUT2D eigenvalue weighted by Gasteiger charge is -2.18. The van der Waals surface area contributed by atoms with Crippen molar-refractivity contribution in [1.82, 2.24) is 14.7 Å².